The van der Waals surface area contributed by atoms with Gasteiger partial charge < -0.3 is 14.8 Å². The average molecular weight is 384 g/mol. The number of benzene rings is 1. The molecule has 140 valence electrons. The molecule has 0 radical (unpaired) electrons. The van der Waals surface area contributed by atoms with Gasteiger partial charge in [-0.2, -0.15) is 0 Å². The van der Waals surface area contributed by atoms with Crippen LogP contribution in [0.15, 0.2) is 33.6 Å². The van der Waals surface area contributed by atoms with E-state index in [2.05, 4.69) is 5.32 Å². The Labute approximate surface area is 149 Å². The van der Waals surface area contributed by atoms with Crippen LogP contribution in [-0.4, -0.2) is 43.8 Å². The van der Waals surface area contributed by atoms with E-state index in [9.17, 15) is 22.4 Å². The standard InChI is InChI=1S/C16H17FN2O6S/c1-9-14(26(23,24)19(2)3)8-13(25-9)16(22)18-11-5-4-10(6-15(20)21)12(17)7-11/h4-5,7-8H,6H2,1-3H3,(H,18,22)(H,20,21). The van der Waals surface area contributed by atoms with Crippen molar-refractivity contribution in [3.05, 3.63) is 47.2 Å². The lowest BCUT2D eigenvalue weighted by Crippen LogP contribution is -2.22. The summed E-state index contributed by atoms with van der Waals surface area (Å²) in [6, 6.07) is 4.65. The molecule has 0 spiro atoms. The molecule has 26 heavy (non-hydrogen) atoms. The van der Waals surface area contributed by atoms with Crippen molar-refractivity contribution in [1.82, 2.24) is 4.31 Å². The number of carboxylic acids is 1. The molecule has 0 unspecified atom stereocenters. The molecule has 2 aromatic rings. The van der Waals surface area contributed by atoms with Crippen LogP contribution in [0.2, 0.25) is 0 Å². The first-order valence-corrected chi connectivity index (χ1v) is 8.81. The Morgan fingerprint density at radius 1 is 1.27 bits per heavy atom. The van der Waals surface area contributed by atoms with E-state index in [0.717, 1.165) is 16.4 Å². The summed E-state index contributed by atoms with van der Waals surface area (Å²) in [6.07, 6.45) is -0.483. The zero-order valence-electron chi connectivity index (χ0n) is 14.2. The summed E-state index contributed by atoms with van der Waals surface area (Å²) >= 11 is 0. The number of aryl methyl sites for hydroxylation is 1. The molecule has 10 heteroatoms. The van der Waals surface area contributed by atoms with E-state index in [0.29, 0.717) is 0 Å². The monoisotopic (exact) mass is 384 g/mol. The van der Waals surface area contributed by atoms with E-state index in [1.165, 1.54) is 33.2 Å². The number of sulfonamides is 1. The Bertz CT molecular complexity index is 965. The molecule has 0 bridgehead atoms. The summed E-state index contributed by atoms with van der Waals surface area (Å²) in [7, 11) is -1.07. The number of nitrogens with zero attached hydrogens (tertiary/aromatic N) is 1. The normalized spacial score (nSPS) is 11.6. The van der Waals surface area contributed by atoms with Crippen molar-refractivity contribution in [3.8, 4) is 0 Å². The van der Waals surface area contributed by atoms with Crippen LogP contribution in [0.4, 0.5) is 10.1 Å². The Morgan fingerprint density at radius 2 is 1.92 bits per heavy atom. The van der Waals surface area contributed by atoms with Gasteiger partial charge in [0.05, 0.1) is 6.42 Å². The minimum Gasteiger partial charge on any atom is -0.481 e. The van der Waals surface area contributed by atoms with Crippen LogP contribution in [0.3, 0.4) is 0 Å². The number of carboxylic acid groups (broad SMARTS) is 1. The minimum atomic E-state index is -3.77. The molecule has 8 nitrogen and oxygen atoms in total. The number of halogens is 1. The Morgan fingerprint density at radius 3 is 2.46 bits per heavy atom. The first-order valence-electron chi connectivity index (χ1n) is 7.37. The van der Waals surface area contributed by atoms with E-state index < -0.39 is 34.1 Å². The highest BCUT2D eigenvalue weighted by atomic mass is 32.2. The second-order valence-corrected chi connectivity index (χ2v) is 7.77. The van der Waals surface area contributed by atoms with Gasteiger partial charge in [-0.3, -0.25) is 9.59 Å². The first-order chi connectivity index (χ1) is 12.0. The van der Waals surface area contributed by atoms with Gasteiger partial charge in [0.15, 0.2) is 5.76 Å². The highest BCUT2D eigenvalue weighted by Gasteiger charge is 2.26. The van der Waals surface area contributed by atoms with E-state index in [-0.39, 0.29) is 27.7 Å². The number of carbonyl (C=O) groups is 2. The zero-order valence-corrected chi connectivity index (χ0v) is 15.1. The van der Waals surface area contributed by atoms with E-state index in [1.54, 1.807) is 0 Å². The number of hydrogen-bond donors (Lipinski definition) is 2. The van der Waals surface area contributed by atoms with Crippen LogP contribution < -0.4 is 5.32 Å². The fourth-order valence-corrected chi connectivity index (χ4v) is 3.21. The fraction of sp³-hybridized carbons (Fsp3) is 0.250. The largest absolute Gasteiger partial charge is 0.481 e. The van der Waals surface area contributed by atoms with E-state index in [1.807, 2.05) is 0 Å². The van der Waals surface area contributed by atoms with Gasteiger partial charge in [-0.15, -0.1) is 0 Å². The van der Waals surface area contributed by atoms with Crippen molar-refractivity contribution in [2.75, 3.05) is 19.4 Å². The van der Waals surface area contributed by atoms with Gasteiger partial charge in [0, 0.05) is 25.8 Å². The van der Waals surface area contributed by atoms with Gasteiger partial charge >= 0.3 is 5.97 Å². The van der Waals surface area contributed by atoms with Gasteiger partial charge in [0.2, 0.25) is 10.0 Å². The molecule has 0 aliphatic heterocycles. The van der Waals surface area contributed by atoms with Crippen molar-refractivity contribution in [2.24, 2.45) is 0 Å². The van der Waals surface area contributed by atoms with Crippen LogP contribution in [0.25, 0.3) is 0 Å². The van der Waals surface area contributed by atoms with Crippen LogP contribution in [0.5, 0.6) is 0 Å². The van der Waals surface area contributed by atoms with Gasteiger partial charge in [-0.25, -0.2) is 17.1 Å². The predicted molar refractivity (Wildman–Crippen MR) is 90.0 cm³/mol. The van der Waals surface area contributed by atoms with Crippen LogP contribution in [-0.2, 0) is 21.2 Å². The smallest absolute Gasteiger partial charge is 0.307 e. The summed E-state index contributed by atoms with van der Waals surface area (Å²) < 4.78 is 44.4. The number of furan rings is 1. The van der Waals surface area contributed by atoms with Crippen LogP contribution in [0, 0.1) is 12.7 Å². The minimum absolute atomic E-state index is 0.0243. The second kappa shape index (κ2) is 7.26. The molecule has 0 saturated carbocycles. The molecular weight excluding hydrogens is 367 g/mol. The van der Waals surface area contributed by atoms with E-state index >= 15 is 0 Å². The number of hydrogen-bond acceptors (Lipinski definition) is 5. The SMILES string of the molecule is Cc1oc(C(=O)Nc2ccc(CC(=O)O)c(F)c2)cc1S(=O)(=O)N(C)C. The Hall–Kier alpha value is -2.72. The van der Waals surface area contributed by atoms with Crippen molar-refractivity contribution in [3.63, 3.8) is 0 Å². The van der Waals surface area contributed by atoms with Crippen molar-refractivity contribution < 1.29 is 31.9 Å². The maximum Gasteiger partial charge on any atom is 0.307 e. The number of nitrogens with one attached hydrogen (secondary N) is 1. The summed E-state index contributed by atoms with van der Waals surface area (Å²) in [6.45, 7) is 1.41. The quantitative estimate of drug-likeness (QED) is 0.785. The average Bonchev–Trinajstić information content (AvgIpc) is 2.92. The third kappa shape index (κ3) is 4.09. The lowest BCUT2D eigenvalue weighted by molar-refractivity contribution is -0.136. The molecule has 2 rings (SSSR count). The maximum atomic E-state index is 13.9. The summed E-state index contributed by atoms with van der Waals surface area (Å²) in [5.74, 6) is -2.93. The molecule has 0 aliphatic carbocycles. The summed E-state index contributed by atoms with van der Waals surface area (Å²) in [5.41, 5.74) is 0.0522. The molecule has 0 fully saturated rings. The van der Waals surface area contributed by atoms with Gasteiger partial charge in [0.1, 0.15) is 16.5 Å². The van der Waals surface area contributed by atoms with E-state index in [4.69, 9.17) is 9.52 Å². The summed E-state index contributed by atoms with van der Waals surface area (Å²) in [5, 5.41) is 11.1. The number of carbonyl (C=O) groups excluding carboxylic acids is 1. The van der Waals surface area contributed by atoms with Gasteiger partial charge in [0.25, 0.3) is 5.91 Å². The van der Waals surface area contributed by atoms with Gasteiger partial charge in [-0.1, -0.05) is 6.07 Å². The number of aliphatic carboxylic acids is 1. The Balaban J connectivity index is 2.24. The van der Waals surface area contributed by atoms with Crippen LogP contribution >= 0.6 is 0 Å². The topological polar surface area (TPSA) is 117 Å². The first kappa shape index (κ1) is 19.6. The third-order valence-corrected chi connectivity index (χ3v) is 5.43. The maximum absolute atomic E-state index is 13.9. The molecule has 1 heterocycles. The molecule has 1 amide bonds. The van der Waals surface area contributed by atoms with Crippen molar-refractivity contribution in [1.29, 1.82) is 0 Å². The molecular formula is C16H17FN2O6S. The zero-order chi connectivity index (χ0) is 19.6. The molecule has 0 atom stereocenters. The molecule has 1 aromatic carbocycles. The molecule has 2 N–H and O–H groups in total. The molecule has 0 aliphatic rings. The fourth-order valence-electron chi connectivity index (χ4n) is 2.15. The van der Waals surface area contributed by atoms with Crippen LogP contribution in [0.1, 0.15) is 21.9 Å². The van der Waals surface area contributed by atoms with Crippen molar-refractivity contribution >= 4 is 27.6 Å². The Kier molecular flexibility index (Phi) is 5.47. The van der Waals surface area contributed by atoms with Crippen molar-refractivity contribution in [2.45, 2.75) is 18.2 Å². The third-order valence-electron chi connectivity index (χ3n) is 3.51. The highest BCUT2D eigenvalue weighted by molar-refractivity contribution is 7.89. The predicted octanol–water partition coefficient (Wildman–Crippen LogP) is 1.86. The summed E-state index contributed by atoms with van der Waals surface area (Å²) in [4.78, 5) is 22.7. The molecule has 1 aromatic heterocycles. The highest BCUT2D eigenvalue weighted by Crippen LogP contribution is 2.23. The van der Waals surface area contributed by atoms with Gasteiger partial charge in [-0.05, 0) is 24.6 Å². The lowest BCUT2D eigenvalue weighted by atomic mass is 10.1. The number of rotatable bonds is 6. The second-order valence-electron chi connectivity index (χ2n) is 5.65. The number of anilines is 1. The number of amides is 1. The molecule has 0 saturated heterocycles. The lowest BCUT2D eigenvalue weighted by Gasteiger charge is -2.09.